The molecule has 1 heterocycles. The lowest BCUT2D eigenvalue weighted by molar-refractivity contribution is -0.130. The van der Waals surface area contributed by atoms with Crippen molar-refractivity contribution >= 4 is 11.9 Å². The van der Waals surface area contributed by atoms with Crippen LogP contribution >= 0.6 is 0 Å². The predicted molar refractivity (Wildman–Crippen MR) is 58.1 cm³/mol. The third-order valence-electron chi connectivity index (χ3n) is 2.56. The van der Waals surface area contributed by atoms with Crippen LogP contribution in [0.2, 0.25) is 0 Å². The van der Waals surface area contributed by atoms with Gasteiger partial charge in [0.1, 0.15) is 5.75 Å². The van der Waals surface area contributed by atoms with Crippen molar-refractivity contribution in [3.05, 3.63) is 29.8 Å². The van der Waals surface area contributed by atoms with Crippen LogP contribution in [0.1, 0.15) is 12.5 Å². The minimum Gasteiger partial charge on any atom is -0.444 e. The molecule has 0 aromatic heterocycles. The molecule has 1 unspecified atom stereocenters. The topological polar surface area (TPSA) is 73.9 Å². The van der Waals surface area contributed by atoms with Crippen molar-refractivity contribution in [3.8, 4) is 5.75 Å². The molecule has 2 rings (SSSR count). The predicted octanol–water partition coefficient (Wildman–Crippen LogP) is 1.37. The van der Waals surface area contributed by atoms with E-state index in [2.05, 4.69) is 9.73 Å². The van der Waals surface area contributed by atoms with E-state index in [1.165, 1.54) is 31.2 Å². The Morgan fingerprint density at radius 1 is 1.39 bits per heavy atom. The Morgan fingerprint density at radius 3 is 2.44 bits per heavy atom. The lowest BCUT2D eigenvalue weighted by Gasteiger charge is -2.21. The second-order valence-electron chi connectivity index (χ2n) is 3.79. The largest absolute Gasteiger partial charge is 0.444 e. The van der Waals surface area contributed by atoms with E-state index >= 15 is 0 Å². The maximum atomic E-state index is 12.0. The number of hydrogen-bond acceptors (Lipinski definition) is 4. The molecule has 5 nitrogen and oxygen atoms in total. The Hall–Kier alpha value is -2.18. The molecule has 1 amide bonds. The second kappa shape index (κ2) is 4.25. The fourth-order valence-corrected chi connectivity index (χ4v) is 1.62. The number of halogens is 2. The molecule has 1 aliphatic heterocycles. The molecule has 1 aromatic carbocycles. The van der Waals surface area contributed by atoms with Crippen LogP contribution in [0.3, 0.4) is 0 Å². The van der Waals surface area contributed by atoms with E-state index in [4.69, 9.17) is 10.5 Å². The molecule has 0 spiro atoms. The SMILES string of the molecule is CC1(c2ccc(OC(F)F)cc2)OC(N)=NC1=O. The molecule has 0 saturated carbocycles. The summed E-state index contributed by atoms with van der Waals surface area (Å²) in [4.78, 5) is 15.1. The molecule has 0 radical (unpaired) electrons. The number of nitrogens with two attached hydrogens (primary N) is 1. The normalized spacial score (nSPS) is 22.9. The molecular formula is C11H10F2N2O3. The Bertz CT molecular complexity index is 502. The maximum Gasteiger partial charge on any atom is 0.387 e. The van der Waals surface area contributed by atoms with E-state index in [-0.39, 0.29) is 11.8 Å². The van der Waals surface area contributed by atoms with Crippen LogP contribution in [0.5, 0.6) is 5.75 Å². The van der Waals surface area contributed by atoms with Gasteiger partial charge >= 0.3 is 6.61 Å². The van der Waals surface area contributed by atoms with Crippen LogP contribution in [-0.2, 0) is 15.1 Å². The number of amides is 1. The smallest absolute Gasteiger partial charge is 0.387 e. The van der Waals surface area contributed by atoms with Gasteiger partial charge in [-0.3, -0.25) is 4.79 Å². The molecule has 7 heteroatoms. The fourth-order valence-electron chi connectivity index (χ4n) is 1.62. The summed E-state index contributed by atoms with van der Waals surface area (Å²) in [5, 5.41) is 0. The number of rotatable bonds is 3. The molecule has 1 aliphatic rings. The van der Waals surface area contributed by atoms with Crippen LogP contribution < -0.4 is 10.5 Å². The minimum absolute atomic E-state index is 0.00307. The van der Waals surface area contributed by atoms with Gasteiger partial charge in [0, 0.05) is 5.56 Å². The molecule has 96 valence electrons. The summed E-state index contributed by atoms with van der Waals surface area (Å²) in [6.07, 6.45) is 0. The van der Waals surface area contributed by atoms with E-state index in [0.29, 0.717) is 5.56 Å². The lowest BCUT2D eigenvalue weighted by Crippen LogP contribution is -2.31. The quantitative estimate of drug-likeness (QED) is 0.886. The Balaban J connectivity index is 2.23. The highest BCUT2D eigenvalue weighted by atomic mass is 19.3. The van der Waals surface area contributed by atoms with Crippen molar-refractivity contribution in [1.29, 1.82) is 0 Å². The molecule has 1 aromatic rings. The second-order valence-corrected chi connectivity index (χ2v) is 3.79. The Labute approximate surface area is 101 Å². The zero-order valence-electron chi connectivity index (χ0n) is 9.39. The van der Waals surface area contributed by atoms with Crippen molar-refractivity contribution in [2.75, 3.05) is 0 Å². The van der Waals surface area contributed by atoms with Gasteiger partial charge in [0.15, 0.2) is 0 Å². The molecule has 18 heavy (non-hydrogen) atoms. The number of carbonyl (C=O) groups excluding carboxylic acids is 1. The van der Waals surface area contributed by atoms with Gasteiger partial charge in [-0.15, -0.1) is 0 Å². The van der Waals surface area contributed by atoms with E-state index in [9.17, 15) is 13.6 Å². The third-order valence-corrected chi connectivity index (χ3v) is 2.56. The van der Waals surface area contributed by atoms with Gasteiger partial charge < -0.3 is 15.2 Å². The minimum atomic E-state index is -2.89. The average Bonchev–Trinajstić information content (AvgIpc) is 2.53. The van der Waals surface area contributed by atoms with Crippen molar-refractivity contribution in [2.24, 2.45) is 10.7 Å². The number of aliphatic imine (C=N–C) groups is 1. The Morgan fingerprint density at radius 2 is 2.00 bits per heavy atom. The Kier molecular flexibility index (Phi) is 2.90. The van der Waals surface area contributed by atoms with Gasteiger partial charge in [-0.05, 0) is 19.1 Å². The summed E-state index contributed by atoms with van der Waals surface area (Å²) < 4.78 is 33.3. The van der Waals surface area contributed by atoms with Crippen LogP contribution in [0.15, 0.2) is 29.3 Å². The van der Waals surface area contributed by atoms with E-state index in [1.807, 2.05) is 0 Å². The first-order valence-electron chi connectivity index (χ1n) is 5.05. The molecule has 2 N–H and O–H groups in total. The van der Waals surface area contributed by atoms with Gasteiger partial charge in [0.25, 0.3) is 11.9 Å². The first-order valence-corrected chi connectivity index (χ1v) is 5.05. The highest BCUT2D eigenvalue weighted by Gasteiger charge is 2.43. The van der Waals surface area contributed by atoms with E-state index < -0.39 is 18.1 Å². The zero-order valence-corrected chi connectivity index (χ0v) is 9.39. The molecule has 0 bridgehead atoms. The number of carbonyl (C=O) groups is 1. The van der Waals surface area contributed by atoms with Gasteiger partial charge in [-0.2, -0.15) is 13.8 Å². The molecule has 0 saturated heterocycles. The fraction of sp³-hybridized carbons (Fsp3) is 0.273. The van der Waals surface area contributed by atoms with Crippen LogP contribution in [0.25, 0.3) is 0 Å². The lowest BCUT2D eigenvalue weighted by atomic mass is 9.95. The summed E-state index contributed by atoms with van der Waals surface area (Å²) in [7, 11) is 0. The van der Waals surface area contributed by atoms with Crippen molar-refractivity contribution in [1.82, 2.24) is 0 Å². The number of ether oxygens (including phenoxy) is 2. The van der Waals surface area contributed by atoms with Gasteiger partial charge in [-0.1, -0.05) is 12.1 Å². The molecule has 1 atom stereocenters. The first kappa shape index (κ1) is 12.3. The molecular weight excluding hydrogens is 246 g/mol. The van der Waals surface area contributed by atoms with E-state index in [0.717, 1.165) is 0 Å². The van der Waals surface area contributed by atoms with Crippen molar-refractivity contribution in [3.63, 3.8) is 0 Å². The summed E-state index contributed by atoms with van der Waals surface area (Å²) in [5.74, 6) is -0.542. The highest BCUT2D eigenvalue weighted by molar-refractivity contribution is 6.01. The van der Waals surface area contributed by atoms with Crippen LogP contribution in [0, 0.1) is 0 Å². The van der Waals surface area contributed by atoms with Crippen molar-refractivity contribution in [2.45, 2.75) is 19.1 Å². The summed E-state index contributed by atoms with van der Waals surface area (Å²) in [6, 6.07) is 5.32. The number of nitrogens with zero attached hydrogens (tertiary/aromatic N) is 1. The summed E-state index contributed by atoms with van der Waals surface area (Å²) in [6.45, 7) is -1.39. The highest BCUT2D eigenvalue weighted by Crippen LogP contribution is 2.31. The zero-order chi connectivity index (χ0) is 13.3. The number of benzene rings is 1. The number of hydrogen-bond donors (Lipinski definition) is 1. The molecule has 0 aliphatic carbocycles. The first-order chi connectivity index (χ1) is 8.41. The van der Waals surface area contributed by atoms with Gasteiger partial charge in [0.2, 0.25) is 5.60 Å². The van der Waals surface area contributed by atoms with Crippen LogP contribution in [-0.4, -0.2) is 18.5 Å². The van der Waals surface area contributed by atoms with Crippen LogP contribution in [0.4, 0.5) is 8.78 Å². The number of amidine groups is 1. The summed E-state index contributed by atoms with van der Waals surface area (Å²) >= 11 is 0. The molecule has 0 fully saturated rings. The van der Waals surface area contributed by atoms with Gasteiger partial charge in [0.05, 0.1) is 0 Å². The monoisotopic (exact) mass is 256 g/mol. The third kappa shape index (κ3) is 2.11. The standard InChI is InChI=1S/C11H10F2N2O3/c1-11(8(16)15-10(14)18-11)6-2-4-7(5-3-6)17-9(12)13/h2-5,9H,1H3,(H2,14,15,16). The number of alkyl halides is 2. The van der Waals surface area contributed by atoms with Gasteiger partial charge in [-0.25, -0.2) is 0 Å². The summed E-state index contributed by atoms with van der Waals surface area (Å²) in [5.41, 5.74) is 4.46. The van der Waals surface area contributed by atoms with Crippen molar-refractivity contribution < 1.29 is 23.0 Å². The maximum absolute atomic E-state index is 12.0. The average molecular weight is 256 g/mol. The van der Waals surface area contributed by atoms with E-state index in [1.54, 1.807) is 0 Å².